The van der Waals surface area contributed by atoms with Gasteiger partial charge in [0.05, 0.1) is 17.9 Å². The van der Waals surface area contributed by atoms with Crippen molar-refractivity contribution in [2.45, 2.75) is 26.8 Å². The van der Waals surface area contributed by atoms with Crippen LogP contribution < -0.4 is 10.1 Å². The van der Waals surface area contributed by atoms with Gasteiger partial charge in [-0.05, 0) is 32.0 Å². The summed E-state index contributed by atoms with van der Waals surface area (Å²) in [5.74, 6) is 1.41. The van der Waals surface area contributed by atoms with Crippen LogP contribution in [-0.2, 0) is 6.54 Å². The molecular formula is C15H20N2O2. The summed E-state index contributed by atoms with van der Waals surface area (Å²) < 4.78 is 11.1. The van der Waals surface area contributed by atoms with E-state index in [1.807, 2.05) is 31.2 Å². The maximum absolute atomic E-state index is 5.58. The fraction of sp³-hybridized carbons (Fsp3) is 0.400. The number of oxazole rings is 1. The molecule has 1 N–H and O–H groups in total. The molecule has 0 aliphatic rings. The molecule has 0 aliphatic carbocycles. The predicted octanol–water partition coefficient (Wildman–Crippen LogP) is 3.24. The number of para-hydroxylation sites is 1. The third kappa shape index (κ3) is 3.58. The SMILES string of the molecule is CCCNCc1coc(-c2ccccc2OCC)n1. The Labute approximate surface area is 113 Å². The van der Waals surface area contributed by atoms with Gasteiger partial charge in [-0.2, -0.15) is 0 Å². The lowest BCUT2D eigenvalue weighted by atomic mass is 10.2. The second kappa shape index (κ2) is 6.95. The van der Waals surface area contributed by atoms with Crippen LogP contribution in [0.2, 0.25) is 0 Å². The number of rotatable bonds is 7. The molecule has 0 atom stereocenters. The molecule has 1 aromatic heterocycles. The second-order valence-electron chi connectivity index (χ2n) is 4.25. The van der Waals surface area contributed by atoms with Gasteiger partial charge in [-0.25, -0.2) is 4.98 Å². The van der Waals surface area contributed by atoms with Crippen molar-refractivity contribution in [3.05, 3.63) is 36.2 Å². The molecule has 0 saturated carbocycles. The molecule has 0 aliphatic heterocycles. The zero-order valence-corrected chi connectivity index (χ0v) is 11.5. The third-order valence-electron chi connectivity index (χ3n) is 2.70. The highest BCUT2D eigenvalue weighted by atomic mass is 16.5. The molecule has 0 bridgehead atoms. The van der Waals surface area contributed by atoms with E-state index >= 15 is 0 Å². The number of benzene rings is 1. The van der Waals surface area contributed by atoms with Gasteiger partial charge < -0.3 is 14.5 Å². The van der Waals surface area contributed by atoms with E-state index in [9.17, 15) is 0 Å². The fourth-order valence-corrected chi connectivity index (χ4v) is 1.83. The van der Waals surface area contributed by atoms with Gasteiger partial charge in [0.15, 0.2) is 0 Å². The number of aromatic nitrogens is 1. The molecule has 0 amide bonds. The maximum atomic E-state index is 5.58. The molecule has 0 radical (unpaired) electrons. The topological polar surface area (TPSA) is 47.3 Å². The lowest BCUT2D eigenvalue weighted by molar-refractivity contribution is 0.340. The van der Waals surface area contributed by atoms with Crippen molar-refractivity contribution in [3.8, 4) is 17.2 Å². The van der Waals surface area contributed by atoms with Gasteiger partial charge in [0.25, 0.3) is 0 Å². The van der Waals surface area contributed by atoms with Gasteiger partial charge in [-0.3, -0.25) is 0 Å². The summed E-state index contributed by atoms with van der Waals surface area (Å²) >= 11 is 0. The predicted molar refractivity (Wildman–Crippen MR) is 75.1 cm³/mol. The second-order valence-corrected chi connectivity index (χ2v) is 4.25. The first kappa shape index (κ1) is 13.6. The Bertz CT molecular complexity index is 508. The number of hydrogen-bond donors (Lipinski definition) is 1. The highest BCUT2D eigenvalue weighted by molar-refractivity contribution is 5.62. The third-order valence-corrected chi connectivity index (χ3v) is 2.70. The van der Waals surface area contributed by atoms with E-state index in [0.29, 0.717) is 12.5 Å². The summed E-state index contributed by atoms with van der Waals surface area (Å²) in [4.78, 5) is 4.49. The lowest BCUT2D eigenvalue weighted by Crippen LogP contribution is -2.13. The first-order valence-electron chi connectivity index (χ1n) is 6.72. The van der Waals surface area contributed by atoms with Gasteiger partial charge in [-0.15, -0.1) is 0 Å². The van der Waals surface area contributed by atoms with Crippen molar-refractivity contribution >= 4 is 0 Å². The lowest BCUT2D eigenvalue weighted by Gasteiger charge is -2.06. The Morgan fingerprint density at radius 3 is 2.89 bits per heavy atom. The van der Waals surface area contributed by atoms with Crippen molar-refractivity contribution in [2.24, 2.45) is 0 Å². The number of hydrogen-bond acceptors (Lipinski definition) is 4. The summed E-state index contributed by atoms with van der Waals surface area (Å²) in [6.45, 7) is 6.44. The smallest absolute Gasteiger partial charge is 0.229 e. The van der Waals surface area contributed by atoms with Crippen LogP contribution in [0.15, 0.2) is 34.9 Å². The highest BCUT2D eigenvalue weighted by Crippen LogP contribution is 2.29. The summed E-state index contributed by atoms with van der Waals surface area (Å²) in [5.41, 5.74) is 1.81. The number of nitrogens with zero attached hydrogens (tertiary/aromatic N) is 1. The summed E-state index contributed by atoms with van der Waals surface area (Å²) in [7, 11) is 0. The van der Waals surface area contributed by atoms with Crippen molar-refractivity contribution in [1.82, 2.24) is 10.3 Å². The highest BCUT2D eigenvalue weighted by Gasteiger charge is 2.11. The first-order valence-corrected chi connectivity index (χ1v) is 6.72. The number of ether oxygens (including phenoxy) is 1. The van der Waals surface area contributed by atoms with E-state index in [1.54, 1.807) is 6.26 Å². The standard InChI is InChI=1S/C15H20N2O2/c1-3-9-16-10-12-11-19-15(17-12)13-7-5-6-8-14(13)18-4-2/h5-8,11,16H,3-4,9-10H2,1-2H3. The van der Waals surface area contributed by atoms with Crippen LogP contribution >= 0.6 is 0 Å². The molecule has 4 heteroatoms. The van der Waals surface area contributed by atoms with Crippen LogP contribution in [0.1, 0.15) is 26.0 Å². The normalized spacial score (nSPS) is 10.6. The van der Waals surface area contributed by atoms with Crippen LogP contribution in [0.3, 0.4) is 0 Å². The Kier molecular flexibility index (Phi) is 4.98. The van der Waals surface area contributed by atoms with Crippen molar-refractivity contribution < 1.29 is 9.15 Å². The van der Waals surface area contributed by atoms with E-state index in [0.717, 1.165) is 36.5 Å². The summed E-state index contributed by atoms with van der Waals surface area (Å²) in [6.07, 6.45) is 2.80. The Balaban J connectivity index is 2.13. The molecular weight excluding hydrogens is 240 g/mol. The summed E-state index contributed by atoms with van der Waals surface area (Å²) in [5, 5.41) is 3.30. The fourth-order valence-electron chi connectivity index (χ4n) is 1.83. The molecule has 19 heavy (non-hydrogen) atoms. The van der Waals surface area contributed by atoms with E-state index in [2.05, 4.69) is 17.2 Å². The largest absolute Gasteiger partial charge is 0.493 e. The van der Waals surface area contributed by atoms with E-state index < -0.39 is 0 Å². The Morgan fingerprint density at radius 1 is 1.26 bits per heavy atom. The minimum Gasteiger partial charge on any atom is -0.493 e. The van der Waals surface area contributed by atoms with Gasteiger partial charge in [-0.1, -0.05) is 19.1 Å². The van der Waals surface area contributed by atoms with E-state index in [1.165, 1.54) is 0 Å². The summed E-state index contributed by atoms with van der Waals surface area (Å²) in [6, 6.07) is 7.79. The van der Waals surface area contributed by atoms with Gasteiger partial charge in [0.2, 0.25) is 5.89 Å². The van der Waals surface area contributed by atoms with Crippen LogP contribution in [0.5, 0.6) is 5.75 Å². The molecule has 1 heterocycles. The Hall–Kier alpha value is -1.81. The van der Waals surface area contributed by atoms with Crippen molar-refractivity contribution in [3.63, 3.8) is 0 Å². The Morgan fingerprint density at radius 2 is 2.11 bits per heavy atom. The first-order chi connectivity index (χ1) is 9.35. The quantitative estimate of drug-likeness (QED) is 0.776. The van der Waals surface area contributed by atoms with Gasteiger partial charge >= 0.3 is 0 Å². The molecule has 4 nitrogen and oxygen atoms in total. The molecule has 1 aromatic carbocycles. The van der Waals surface area contributed by atoms with Crippen LogP contribution in [0.25, 0.3) is 11.5 Å². The van der Waals surface area contributed by atoms with E-state index in [4.69, 9.17) is 9.15 Å². The van der Waals surface area contributed by atoms with Gasteiger partial charge in [0.1, 0.15) is 12.0 Å². The van der Waals surface area contributed by atoms with Crippen LogP contribution in [-0.4, -0.2) is 18.1 Å². The molecule has 0 spiro atoms. The molecule has 2 rings (SSSR count). The van der Waals surface area contributed by atoms with Crippen LogP contribution in [0, 0.1) is 0 Å². The average Bonchev–Trinajstić information content (AvgIpc) is 2.89. The van der Waals surface area contributed by atoms with Gasteiger partial charge in [0, 0.05) is 6.54 Å². The minimum atomic E-state index is 0.609. The molecule has 2 aromatic rings. The zero-order chi connectivity index (χ0) is 13.5. The van der Waals surface area contributed by atoms with Crippen LogP contribution in [0.4, 0.5) is 0 Å². The van der Waals surface area contributed by atoms with Crippen molar-refractivity contribution in [1.29, 1.82) is 0 Å². The average molecular weight is 260 g/mol. The minimum absolute atomic E-state index is 0.609. The van der Waals surface area contributed by atoms with Crippen molar-refractivity contribution in [2.75, 3.05) is 13.2 Å². The zero-order valence-electron chi connectivity index (χ0n) is 11.5. The number of nitrogens with one attached hydrogen (secondary N) is 1. The molecule has 0 fully saturated rings. The monoisotopic (exact) mass is 260 g/mol. The van der Waals surface area contributed by atoms with E-state index in [-0.39, 0.29) is 0 Å². The molecule has 102 valence electrons. The molecule has 0 unspecified atom stereocenters. The molecule has 0 saturated heterocycles. The maximum Gasteiger partial charge on any atom is 0.229 e.